The third kappa shape index (κ3) is 1.89. The molecule has 1 aliphatic heterocycles. The summed E-state index contributed by atoms with van der Waals surface area (Å²) in [6.45, 7) is 1.06. The number of pyridine rings is 1. The van der Waals surface area contributed by atoms with E-state index < -0.39 is 0 Å². The molecule has 0 N–H and O–H groups in total. The molecule has 0 saturated carbocycles. The summed E-state index contributed by atoms with van der Waals surface area (Å²) in [5, 5.41) is 1.74. The molecule has 2 heterocycles. The highest BCUT2D eigenvalue weighted by molar-refractivity contribution is 9.09. The van der Waals surface area contributed by atoms with Crippen LogP contribution in [0.4, 0.5) is 5.82 Å². The molecule has 0 aliphatic carbocycles. The van der Waals surface area contributed by atoms with Gasteiger partial charge in [-0.2, -0.15) is 0 Å². The maximum atomic E-state index is 6.11. The molecule has 0 aromatic carbocycles. The number of halogens is 2. The van der Waals surface area contributed by atoms with Crippen LogP contribution in [0.5, 0.6) is 0 Å². The Balaban J connectivity index is 2.26. The number of rotatable bonds is 2. The van der Waals surface area contributed by atoms with Crippen LogP contribution in [0.2, 0.25) is 5.02 Å². The fourth-order valence-electron chi connectivity index (χ4n) is 1.86. The van der Waals surface area contributed by atoms with Gasteiger partial charge in [0.1, 0.15) is 5.82 Å². The monoisotopic (exact) mass is 274 g/mol. The van der Waals surface area contributed by atoms with Crippen LogP contribution in [-0.4, -0.2) is 22.9 Å². The van der Waals surface area contributed by atoms with Crippen LogP contribution in [0.3, 0.4) is 0 Å². The lowest BCUT2D eigenvalue weighted by Gasteiger charge is -2.24. The van der Waals surface area contributed by atoms with Gasteiger partial charge in [-0.25, -0.2) is 4.98 Å². The Labute approximate surface area is 97.4 Å². The molecule has 2 nitrogen and oxygen atoms in total. The lowest BCUT2D eigenvalue weighted by Crippen LogP contribution is -2.31. The fourth-order valence-corrected chi connectivity index (χ4v) is 2.77. The van der Waals surface area contributed by atoms with Crippen molar-refractivity contribution in [3.63, 3.8) is 0 Å². The second kappa shape index (κ2) is 4.49. The van der Waals surface area contributed by atoms with Crippen molar-refractivity contribution >= 4 is 33.3 Å². The Morgan fingerprint density at radius 2 is 2.50 bits per heavy atom. The summed E-state index contributed by atoms with van der Waals surface area (Å²) < 4.78 is 0. The van der Waals surface area contributed by atoms with Crippen molar-refractivity contribution in [1.82, 2.24) is 4.98 Å². The minimum absolute atomic E-state index is 0.544. The fraction of sp³-hybridized carbons (Fsp3) is 0.500. The van der Waals surface area contributed by atoms with E-state index in [0.717, 1.165) is 22.7 Å². The van der Waals surface area contributed by atoms with Gasteiger partial charge >= 0.3 is 0 Å². The Bertz CT molecular complexity index is 319. The van der Waals surface area contributed by atoms with Crippen LogP contribution in [0, 0.1) is 0 Å². The average molecular weight is 276 g/mol. The molecule has 0 spiro atoms. The van der Waals surface area contributed by atoms with Gasteiger partial charge in [0.05, 0.1) is 5.02 Å². The predicted octanol–water partition coefficient (Wildman–Crippen LogP) is 3.10. The van der Waals surface area contributed by atoms with E-state index in [0.29, 0.717) is 6.04 Å². The molecule has 4 heteroatoms. The van der Waals surface area contributed by atoms with Crippen LogP contribution in [0.1, 0.15) is 12.8 Å². The van der Waals surface area contributed by atoms with Crippen LogP contribution >= 0.6 is 27.5 Å². The summed E-state index contributed by atoms with van der Waals surface area (Å²) >= 11 is 9.63. The smallest absolute Gasteiger partial charge is 0.147 e. The third-order valence-corrected chi connectivity index (χ3v) is 3.61. The maximum absolute atomic E-state index is 6.11. The molecule has 0 radical (unpaired) electrons. The zero-order valence-corrected chi connectivity index (χ0v) is 10.1. The number of anilines is 1. The van der Waals surface area contributed by atoms with Gasteiger partial charge < -0.3 is 4.90 Å². The first-order valence-corrected chi connectivity index (χ1v) is 6.26. The van der Waals surface area contributed by atoms with E-state index >= 15 is 0 Å². The molecular formula is C10H12BrClN2. The van der Waals surface area contributed by atoms with Crippen molar-refractivity contribution in [2.45, 2.75) is 18.9 Å². The highest BCUT2D eigenvalue weighted by Crippen LogP contribution is 2.29. The lowest BCUT2D eigenvalue weighted by molar-refractivity contribution is 0.742. The molecule has 0 bridgehead atoms. The van der Waals surface area contributed by atoms with Crippen molar-refractivity contribution in [1.29, 1.82) is 0 Å². The normalized spacial score (nSPS) is 21.6. The van der Waals surface area contributed by atoms with Gasteiger partial charge in [0.25, 0.3) is 0 Å². The summed E-state index contributed by atoms with van der Waals surface area (Å²) in [4.78, 5) is 6.62. The van der Waals surface area contributed by atoms with Crippen LogP contribution in [0.25, 0.3) is 0 Å². The first kappa shape index (κ1) is 10.2. The topological polar surface area (TPSA) is 16.1 Å². The minimum atomic E-state index is 0.544. The Morgan fingerprint density at radius 3 is 3.21 bits per heavy atom. The number of hydrogen-bond donors (Lipinski definition) is 0. The van der Waals surface area contributed by atoms with E-state index in [4.69, 9.17) is 11.6 Å². The molecule has 14 heavy (non-hydrogen) atoms. The Morgan fingerprint density at radius 1 is 1.64 bits per heavy atom. The van der Waals surface area contributed by atoms with Crippen molar-refractivity contribution in [3.8, 4) is 0 Å². The number of aromatic nitrogens is 1. The maximum Gasteiger partial charge on any atom is 0.147 e. The standard InChI is InChI=1S/C10H12BrClN2/c11-7-8-3-2-6-14(8)10-9(12)4-1-5-13-10/h1,4-5,8H,2-3,6-7H2. The van der Waals surface area contributed by atoms with Gasteiger partial charge in [-0.15, -0.1) is 0 Å². The van der Waals surface area contributed by atoms with Crippen LogP contribution < -0.4 is 4.90 Å². The van der Waals surface area contributed by atoms with Gasteiger partial charge in [0, 0.05) is 24.1 Å². The quantitative estimate of drug-likeness (QED) is 0.771. The van der Waals surface area contributed by atoms with E-state index in [-0.39, 0.29) is 0 Å². The van der Waals surface area contributed by atoms with Gasteiger partial charge in [0.2, 0.25) is 0 Å². The molecule has 1 aliphatic rings. The van der Waals surface area contributed by atoms with Gasteiger partial charge in [-0.05, 0) is 25.0 Å². The van der Waals surface area contributed by atoms with E-state index in [1.165, 1.54) is 12.8 Å². The van der Waals surface area contributed by atoms with Crippen LogP contribution in [0.15, 0.2) is 18.3 Å². The van der Waals surface area contributed by atoms with Crippen molar-refractivity contribution in [3.05, 3.63) is 23.4 Å². The van der Waals surface area contributed by atoms with E-state index in [2.05, 4.69) is 25.8 Å². The zero-order valence-electron chi connectivity index (χ0n) is 7.79. The number of hydrogen-bond acceptors (Lipinski definition) is 2. The molecule has 1 saturated heterocycles. The summed E-state index contributed by atoms with van der Waals surface area (Å²) in [7, 11) is 0. The van der Waals surface area contributed by atoms with Crippen molar-refractivity contribution in [2.24, 2.45) is 0 Å². The molecule has 0 amide bonds. The minimum Gasteiger partial charge on any atom is -0.352 e. The summed E-state index contributed by atoms with van der Waals surface area (Å²) in [5.74, 6) is 0.927. The zero-order chi connectivity index (χ0) is 9.97. The predicted molar refractivity (Wildman–Crippen MR) is 63.4 cm³/mol. The Kier molecular flexibility index (Phi) is 3.29. The highest BCUT2D eigenvalue weighted by atomic mass is 79.9. The lowest BCUT2D eigenvalue weighted by atomic mass is 10.2. The third-order valence-electron chi connectivity index (χ3n) is 2.57. The first-order chi connectivity index (χ1) is 6.83. The molecule has 76 valence electrons. The van der Waals surface area contributed by atoms with Gasteiger partial charge in [-0.3, -0.25) is 0 Å². The van der Waals surface area contributed by atoms with Crippen molar-refractivity contribution in [2.75, 3.05) is 16.8 Å². The first-order valence-electron chi connectivity index (χ1n) is 4.76. The van der Waals surface area contributed by atoms with E-state index in [9.17, 15) is 0 Å². The molecule has 1 aromatic rings. The van der Waals surface area contributed by atoms with Crippen molar-refractivity contribution < 1.29 is 0 Å². The van der Waals surface area contributed by atoms with Crippen LogP contribution in [-0.2, 0) is 0 Å². The largest absolute Gasteiger partial charge is 0.352 e. The van der Waals surface area contributed by atoms with E-state index in [1.54, 1.807) is 6.20 Å². The van der Waals surface area contributed by atoms with E-state index in [1.807, 2.05) is 12.1 Å². The second-order valence-corrected chi connectivity index (χ2v) is 4.51. The summed E-state index contributed by atoms with van der Waals surface area (Å²) in [6, 6.07) is 4.31. The molecular weight excluding hydrogens is 263 g/mol. The molecule has 1 aromatic heterocycles. The molecule has 1 unspecified atom stereocenters. The highest BCUT2D eigenvalue weighted by Gasteiger charge is 2.25. The SMILES string of the molecule is Clc1cccnc1N1CCCC1CBr. The molecule has 2 rings (SSSR count). The second-order valence-electron chi connectivity index (χ2n) is 3.45. The Hall–Kier alpha value is -0.280. The number of nitrogens with zero attached hydrogens (tertiary/aromatic N) is 2. The average Bonchev–Trinajstić information content (AvgIpc) is 2.66. The summed E-state index contributed by atoms with van der Waals surface area (Å²) in [5.41, 5.74) is 0. The van der Waals surface area contributed by atoms with Gasteiger partial charge in [-0.1, -0.05) is 27.5 Å². The summed E-state index contributed by atoms with van der Waals surface area (Å²) in [6.07, 6.45) is 4.24. The molecule has 1 fully saturated rings. The molecule has 1 atom stereocenters. The van der Waals surface area contributed by atoms with Gasteiger partial charge in [0.15, 0.2) is 0 Å². The number of alkyl halides is 1.